The summed E-state index contributed by atoms with van der Waals surface area (Å²) in [6.07, 6.45) is 2.13. The number of hydrogen-bond acceptors (Lipinski definition) is 5. The van der Waals surface area contributed by atoms with Gasteiger partial charge in [0.1, 0.15) is 0 Å². The predicted octanol–water partition coefficient (Wildman–Crippen LogP) is 4.53. The Bertz CT molecular complexity index is 800. The highest BCUT2D eigenvalue weighted by molar-refractivity contribution is 6.09. The quantitative estimate of drug-likeness (QED) is 0.711. The van der Waals surface area contributed by atoms with Gasteiger partial charge in [-0.2, -0.15) is 0 Å². The molecule has 28 heavy (non-hydrogen) atoms. The normalized spacial score (nSPS) is 16.4. The first kappa shape index (κ1) is 20.0. The number of benzene rings is 2. The van der Waals surface area contributed by atoms with E-state index in [1.807, 2.05) is 18.2 Å². The second kappa shape index (κ2) is 10.0. The van der Waals surface area contributed by atoms with E-state index in [2.05, 4.69) is 5.32 Å². The number of ether oxygens (including phenoxy) is 3. The minimum Gasteiger partial charge on any atom is -0.450 e. The van der Waals surface area contributed by atoms with Crippen molar-refractivity contribution in [2.75, 3.05) is 18.5 Å². The number of ketones is 1. The summed E-state index contributed by atoms with van der Waals surface area (Å²) in [6.45, 7) is 2.93. The molecule has 1 heterocycles. The van der Waals surface area contributed by atoms with E-state index < -0.39 is 6.09 Å². The lowest BCUT2D eigenvalue weighted by atomic mass is 10.0. The van der Waals surface area contributed by atoms with Crippen molar-refractivity contribution in [2.24, 2.45) is 0 Å². The third-order valence-corrected chi connectivity index (χ3v) is 4.48. The smallest absolute Gasteiger partial charge is 0.411 e. The van der Waals surface area contributed by atoms with Crippen LogP contribution in [0.25, 0.3) is 0 Å². The molecule has 1 N–H and O–H groups in total. The lowest BCUT2D eigenvalue weighted by Crippen LogP contribution is -2.22. The molecule has 1 atom stereocenters. The van der Waals surface area contributed by atoms with Crippen LogP contribution < -0.4 is 5.32 Å². The summed E-state index contributed by atoms with van der Waals surface area (Å²) in [4.78, 5) is 24.6. The third kappa shape index (κ3) is 5.41. The number of nitrogens with one attached hydrogen (secondary N) is 1. The highest BCUT2D eigenvalue weighted by Crippen LogP contribution is 2.23. The Morgan fingerprint density at radius 1 is 1.11 bits per heavy atom. The summed E-state index contributed by atoms with van der Waals surface area (Å²) in [5, 5.41) is 2.71. The fourth-order valence-electron chi connectivity index (χ4n) is 3.03. The molecule has 1 amide bonds. The van der Waals surface area contributed by atoms with Gasteiger partial charge in [-0.05, 0) is 44.4 Å². The summed E-state index contributed by atoms with van der Waals surface area (Å²) in [6, 6.07) is 14.2. The molecule has 6 heteroatoms. The van der Waals surface area contributed by atoms with Gasteiger partial charge in [-0.1, -0.05) is 30.3 Å². The fourth-order valence-corrected chi connectivity index (χ4v) is 3.03. The number of carbonyl (C=O) groups is 2. The Morgan fingerprint density at radius 3 is 2.64 bits per heavy atom. The van der Waals surface area contributed by atoms with E-state index in [4.69, 9.17) is 14.2 Å². The lowest BCUT2D eigenvalue weighted by Gasteiger charge is -2.23. The monoisotopic (exact) mass is 383 g/mol. The van der Waals surface area contributed by atoms with E-state index in [9.17, 15) is 9.59 Å². The van der Waals surface area contributed by atoms with Crippen molar-refractivity contribution in [3.8, 4) is 0 Å². The fraction of sp³-hybridized carbons (Fsp3) is 0.364. The first-order chi connectivity index (χ1) is 13.7. The van der Waals surface area contributed by atoms with Gasteiger partial charge in [0.05, 0.1) is 13.2 Å². The van der Waals surface area contributed by atoms with Crippen LogP contribution in [-0.2, 0) is 20.8 Å². The van der Waals surface area contributed by atoms with Crippen LogP contribution in [-0.4, -0.2) is 31.4 Å². The molecule has 1 saturated heterocycles. The third-order valence-electron chi connectivity index (χ3n) is 4.48. The van der Waals surface area contributed by atoms with Crippen molar-refractivity contribution in [3.05, 3.63) is 65.2 Å². The number of hydrogen-bond donors (Lipinski definition) is 1. The molecule has 0 bridgehead atoms. The van der Waals surface area contributed by atoms with Gasteiger partial charge in [-0.3, -0.25) is 10.1 Å². The second-order valence-electron chi connectivity index (χ2n) is 6.52. The standard InChI is InChI=1S/C22H25NO5/c1-2-26-22(25)23-19-12-11-17(21(24)16-8-4-3-5-9-16)14-18(19)15-28-20-10-6-7-13-27-20/h3-5,8-9,11-12,14,20H,2,6-7,10,13,15H2,1H3,(H,23,25). The van der Waals surface area contributed by atoms with E-state index in [0.717, 1.165) is 19.3 Å². The Kier molecular flexibility index (Phi) is 7.17. The maximum Gasteiger partial charge on any atom is 0.411 e. The molecule has 0 aromatic heterocycles. The van der Waals surface area contributed by atoms with Gasteiger partial charge in [0.25, 0.3) is 0 Å². The molecule has 0 spiro atoms. The summed E-state index contributed by atoms with van der Waals surface area (Å²) in [5.41, 5.74) is 2.39. The molecule has 3 rings (SSSR count). The van der Waals surface area contributed by atoms with E-state index in [1.165, 1.54) is 0 Å². The van der Waals surface area contributed by atoms with Gasteiger partial charge in [0.15, 0.2) is 12.1 Å². The number of anilines is 1. The van der Waals surface area contributed by atoms with E-state index in [-0.39, 0.29) is 25.3 Å². The zero-order chi connectivity index (χ0) is 19.8. The topological polar surface area (TPSA) is 73.9 Å². The number of carbonyl (C=O) groups excluding carboxylic acids is 2. The molecule has 6 nitrogen and oxygen atoms in total. The van der Waals surface area contributed by atoms with Crippen LogP contribution in [0.4, 0.5) is 10.5 Å². The van der Waals surface area contributed by atoms with Crippen LogP contribution in [0.5, 0.6) is 0 Å². The van der Waals surface area contributed by atoms with E-state index in [0.29, 0.717) is 29.0 Å². The summed E-state index contributed by atoms with van der Waals surface area (Å²) in [5.74, 6) is -0.0848. The molecular weight excluding hydrogens is 358 g/mol. The zero-order valence-corrected chi connectivity index (χ0v) is 16.0. The number of amides is 1. The Hall–Kier alpha value is -2.70. The highest BCUT2D eigenvalue weighted by atomic mass is 16.7. The van der Waals surface area contributed by atoms with Gasteiger partial charge in [0.2, 0.25) is 0 Å². The SMILES string of the molecule is CCOC(=O)Nc1ccc(C(=O)c2ccccc2)cc1COC1CCCCO1. The van der Waals surface area contributed by atoms with E-state index in [1.54, 1.807) is 37.3 Å². The minimum absolute atomic E-state index is 0.0848. The average Bonchev–Trinajstić information content (AvgIpc) is 2.74. The molecule has 0 aliphatic carbocycles. The minimum atomic E-state index is -0.542. The molecule has 1 aliphatic heterocycles. The highest BCUT2D eigenvalue weighted by Gasteiger charge is 2.17. The zero-order valence-electron chi connectivity index (χ0n) is 16.0. The maximum atomic E-state index is 12.8. The predicted molar refractivity (Wildman–Crippen MR) is 105 cm³/mol. The van der Waals surface area contributed by atoms with Crippen LogP contribution in [0.15, 0.2) is 48.5 Å². The Morgan fingerprint density at radius 2 is 1.93 bits per heavy atom. The summed E-state index contributed by atoms with van der Waals surface area (Å²) >= 11 is 0. The average molecular weight is 383 g/mol. The maximum absolute atomic E-state index is 12.8. The Labute approximate surface area is 164 Å². The first-order valence-electron chi connectivity index (χ1n) is 9.57. The van der Waals surface area contributed by atoms with Crippen molar-refractivity contribution in [2.45, 2.75) is 39.1 Å². The van der Waals surface area contributed by atoms with Crippen molar-refractivity contribution in [3.63, 3.8) is 0 Å². The largest absolute Gasteiger partial charge is 0.450 e. The Balaban J connectivity index is 1.80. The van der Waals surface area contributed by atoms with E-state index >= 15 is 0 Å². The molecule has 0 radical (unpaired) electrons. The number of rotatable bonds is 7. The molecule has 1 fully saturated rings. The van der Waals surface area contributed by atoms with Crippen LogP contribution in [0.1, 0.15) is 47.7 Å². The van der Waals surface area contributed by atoms with Crippen LogP contribution in [0, 0.1) is 0 Å². The molecule has 2 aromatic carbocycles. The molecular formula is C22H25NO5. The summed E-state index contributed by atoms with van der Waals surface area (Å²) < 4.78 is 16.4. The summed E-state index contributed by atoms with van der Waals surface area (Å²) in [7, 11) is 0. The van der Waals surface area contributed by atoms with Crippen molar-refractivity contribution >= 4 is 17.6 Å². The molecule has 0 saturated carbocycles. The van der Waals surface area contributed by atoms with Gasteiger partial charge < -0.3 is 14.2 Å². The van der Waals surface area contributed by atoms with Crippen molar-refractivity contribution in [1.29, 1.82) is 0 Å². The van der Waals surface area contributed by atoms with Crippen LogP contribution in [0.3, 0.4) is 0 Å². The molecule has 1 unspecified atom stereocenters. The van der Waals surface area contributed by atoms with Gasteiger partial charge in [0, 0.05) is 29.0 Å². The molecule has 1 aliphatic rings. The first-order valence-corrected chi connectivity index (χ1v) is 9.57. The van der Waals surface area contributed by atoms with Crippen LogP contribution in [0.2, 0.25) is 0 Å². The van der Waals surface area contributed by atoms with Gasteiger partial charge in [-0.25, -0.2) is 4.79 Å². The van der Waals surface area contributed by atoms with Crippen molar-refractivity contribution in [1.82, 2.24) is 0 Å². The van der Waals surface area contributed by atoms with Gasteiger partial charge >= 0.3 is 6.09 Å². The van der Waals surface area contributed by atoms with Gasteiger partial charge in [-0.15, -0.1) is 0 Å². The second-order valence-corrected chi connectivity index (χ2v) is 6.52. The van der Waals surface area contributed by atoms with Crippen molar-refractivity contribution < 1.29 is 23.8 Å². The molecule has 148 valence electrons. The molecule has 2 aromatic rings. The lowest BCUT2D eigenvalue weighted by molar-refractivity contribution is -0.168. The van der Waals surface area contributed by atoms with Crippen LogP contribution >= 0.6 is 0 Å².